The average Bonchev–Trinajstić information content (AvgIpc) is 2.46. The SMILES string of the molecule is CNc1ccc(C(=O)N2CCN(C(C)(C)C)CC2)nc1. The molecule has 0 atom stereocenters. The number of carbonyl (C=O) groups is 1. The molecule has 2 heterocycles. The van der Waals surface area contributed by atoms with Crippen LogP contribution < -0.4 is 5.32 Å². The van der Waals surface area contributed by atoms with Crippen molar-refractivity contribution >= 4 is 11.6 Å². The molecule has 0 spiro atoms. The largest absolute Gasteiger partial charge is 0.387 e. The summed E-state index contributed by atoms with van der Waals surface area (Å²) in [5.41, 5.74) is 1.61. The molecule has 110 valence electrons. The average molecular weight is 276 g/mol. The summed E-state index contributed by atoms with van der Waals surface area (Å²) in [5, 5.41) is 3.00. The molecule has 0 aromatic carbocycles. The molecule has 0 bridgehead atoms. The van der Waals surface area contributed by atoms with E-state index >= 15 is 0 Å². The van der Waals surface area contributed by atoms with Gasteiger partial charge in [0, 0.05) is 38.8 Å². The summed E-state index contributed by atoms with van der Waals surface area (Å²) in [4.78, 5) is 20.9. The van der Waals surface area contributed by atoms with Crippen LogP contribution in [-0.2, 0) is 0 Å². The van der Waals surface area contributed by atoms with Crippen LogP contribution in [-0.4, -0.2) is 59.5 Å². The van der Waals surface area contributed by atoms with E-state index < -0.39 is 0 Å². The molecular formula is C15H24N4O. The van der Waals surface area contributed by atoms with Gasteiger partial charge in [-0.25, -0.2) is 4.98 Å². The van der Waals surface area contributed by atoms with E-state index in [0.717, 1.165) is 31.9 Å². The minimum Gasteiger partial charge on any atom is -0.387 e. The van der Waals surface area contributed by atoms with Gasteiger partial charge < -0.3 is 10.2 Å². The summed E-state index contributed by atoms with van der Waals surface area (Å²) < 4.78 is 0. The van der Waals surface area contributed by atoms with Crippen molar-refractivity contribution in [3.8, 4) is 0 Å². The van der Waals surface area contributed by atoms with Crippen LogP contribution >= 0.6 is 0 Å². The van der Waals surface area contributed by atoms with Crippen LogP contribution in [0.1, 0.15) is 31.3 Å². The number of pyridine rings is 1. The molecule has 0 radical (unpaired) electrons. The molecule has 1 aliphatic heterocycles. The third kappa shape index (κ3) is 3.28. The van der Waals surface area contributed by atoms with E-state index in [-0.39, 0.29) is 11.4 Å². The molecule has 0 unspecified atom stereocenters. The van der Waals surface area contributed by atoms with Crippen molar-refractivity contribution in [3.05, 3.63) is 24.0 Å². The second-order valence-electron chi connectivity index (χ2n) is 6.13. The van der Waals surface area contributed by atoms with E-state index in [4.69, 9.17) is 0 Å². The molecule has 1 aromatic heterocycles. The van der Waals surface area contributed by atoms with Gasteiger partial charge in [0.25, 0.3) is 5.91 Å². The highest BCUT2D eigenvalue weighted by Gasteiger charge is 2.28. The molecule has 0 aliphatic carbocycles. The molecular weight excluding hydrogens is 252 g/mol. The maximum Gasteiger partial charge on any atom is 0.272 e. The van der Waals surface area contributed by atoms with Gasteiger partial charge in [0.2, 0.25) is 0 Å². The minimum absolute atomic E-state index is 0.0289. The van der Waals surface area contributed by atoms with Gasteiger partial charge in [0.15, 0.2) is 0 Å². The van der Waals surface area contributed by atoms with E-state index in [1.165, 1.54) is 0 Å². The second kappa shape index (κ2) is 5.79. The Morgan fingerprint density at radius 1 is 1.20 bits per heavy atom. The lowest BCUT2D eigenvalue weighted by atomic mass is 10.0. The monoisotopic (exact) mass is 276 g/mol. The van der Waals surface area contributed by atoms with Crippen molar-refractivity contribution in [2.75, 3.05) is 38.5 Å². The third-order valence-corrected chi connectivity index (χ3v) is 3.79. The predicted molar refractivity (Wildman–Crippen MR) is 81.0 cm³/mol. The first-order valence-electron chi connectivity index (χ1n) is 7.10. The summed E-state index contributed by atoms with van der Waals surface area (Å²) in [7, 11) is 1.84. The van der Waals surface area contributed by atoms with Crippen LogP contribution in [0.15, 0.2) is 18.3 Å². The summed E-state index contributed by atoms with van der Waals surface area (Å²) in [5.74, 6) is 0.0289. The molecule has 1 amide bonds. The van der Waals surface area contributed by atoms with Gasteiger partial charge in [-0.2, -0.15) is 0 Å². The summed E-state index contributed by atoms with van der Waals surface area (Å²) in [6, 6.07) is 3.66. The molecule has 20 heavy (non-hydrogen) atoms. The van der Waals surface area contributed by atoms with E-state index in [9.17, 15) is 4.79 Å². The number of hydrogen-bond donors (Lipinski definition) is 1. The molecule has 1 fully saturated rings. The Bertz CT molecular complexity index is 456. The maximum atomic E-state index is 12.4. The first-order valence-corrected chi connectivity index (χ1v) is 7.10. The van der Waals surface area contributed by atoms with E-state index in [2.05, 4.69) is 36.0 Å². The number of hydrogen-bond acceptors (Lipinski definition) is 4. The van der Waals surface area contributed by atoms with Crippen molar-refractivity contribution in [1.82, 2.24) is 14.8 Å². The molecule has 5 nitrogen and oxygen atoms in total. The molecule has 1 aromatic rings. The Balaban J connectivity index is 1.97. The zero-order valence-electron chi connectivity index (χ0n) is 12.8. The highest BCUT2D eigenvalue weighted by molar-refractivity contribution is 5.92. The Kier molecular flexibility index (Phi) is 4.28. The fourth-order valence-electron chi connectivity index (χ4n) is 2.41. The molecule has 1 saturated heterocycles. The topological polar surface area (TPSA) is 48.5 Å². The van der Waals surface area contributed by atoms with E-state index in [1.54, 1.807) is 12.3 Å². The number of nitrogens with zero attached hydrogens (tertiary/aromatic N) is 3. The normalized spacial score (nSPS) is 17.1. The van der Waals surface area contributed by atoms with Crippen LogP contribution in [0, 0.1) is 0 Å². The highest BCUT2D eigenvalue weighted by Crippen LogP contribution is 2.17. The number of carbonyl (C=O) groups excluding carboxylic acids is 1. The smallest absolute Gasteiger partial charge is 0.272 e. The number of amides is 1. The molecule has 1 aliphatic rings. The number of nitrogens with one attached hydrogen (secondary N) is 1. The van der Waals surface area contributed by atoms with Crippen LogP contribution in [0.25, 0.3) is 0 Å². The maximum absolute atomic E-state index is 12.4. The van der Waals surface area contributed by atoms with Gasteiger partial charge in [-0.15, -0.1) is 0 Å². The molecule has 0 saturated carbocycles. The lowest BCUT2D eigenvalue weighted by molar-refractivity contribution is 0.0447. The molecule has 2 rings (SSSR count). The predicted octanol–water partition coefficient (Wildman–Crippen LogP) is 1.68. The summed E-state index contributed by atoms with van der Waals surface area (Å²) in [6.07, 6.45) is 1.69. The fraction of sp³-hybridized carbons (Fsp3) is 0.600. The van der Waals surface area contributed by atoms with Crippen LogP contribution in [0.4, 0.5) is 5.69 Å². The van der Waals surface area contributed by atoms with Crippen molar-refractivity contribution < 1.29 is 4.79 Å². The molecule has 5 heteroatoms. The lowest BCUT2D eigenvalue weighted by Gasteiger charge is -2.42. The first-order chi connectivity index (χ1) is 9.41. The van der Waals surface area contributed by atoms with Crippen LogP contribution in [0.3, 0.4) is 0 Å². The van der Waals surface area contributed by atoms with Crippen molar-refractivity contribution in [2.24, 2.45) is 0 Å². The lowest BCUT2D eigenvalue weighted by Crippen LogP contribution is -2.54. The summed E-state index contributed by atoms with van der Waals surface area (Å²) in [6.45, 7) is 10.0. The quantitative estimate of drug-likeness (QED) is 0.893. The van der Waals surface area contributed by atoms with Crippen molar-refractivity contribution in [1.29, 1.82) is 0 Å². The Morgan fingerprint density at radius 3 is 2.30 bits per heavy atom. The first kappa shape index (κ1) is 14.8. The highest BCUT2D eigenvalue weighted by atomic mass is 16.2. The third-order valence-electron chi connectivity index (χ3n) is 3.79. The van der Waals surface area contributed by atoms with Gasteiger partial charge >= 0.3 is 0 Å². The van der Waals surface area contributed by atoms with Gasteiger partial charge in [0.05, 0.1) is 11.9 Å². The molecule has 1 N–H and O–H groups in total. The second-order valence-corrected chi connectivity index (χ2v) is 6.13. The number of rotatable bonds is 2. The number of aromatic nitrogens is 1. The van der Waals surface area contributed by atoms with Crippen molar-refractivity contribution in [3.63, 3.8) is 0 Å². The van der Waals surface area contributed by atoms with Crippen LogP contribution in [0.5, 0.6) is 0 Å². The van der Waals surface area contributed by atoms with E-state index in [1.807, 2.05) is 18.0 Å². The fourth-order valence-corrected chi connectivity index (χ4v) is 2.41. The Labute approximate surface area is 121 Å². The Morgan fingerprint density at radius 2 is 1.85 bits per heavy atom. The van der Waals surface area contributed by atoms with Gasteiger partial charge in [0.1, 0.15) is 5.69 Å². The standard InChI is InChI=1S/C15H24N4O/c1-15(2,3)19-9-7-18(8-10-19)14(20)13-6-5-12(16-4)11-17-13/h5-6,11,16H,7-10H2,1-4H3. The Hall–Kier alpha value is -1.62. The zero-order valence-corrected chi connectivity index (χ0v) is 12.8. The number of anilines is 1. The van der Waals surface area contributed by atoms with Crippen molar-refractivity contribution in [2.45, 2.75) is 26.3 Å². The number of piperazine rings is 1. The van der Waals surface area contributed by atoms with E-state index in [0.29, 0.717) is 5.69 Å². The van der Waals surface area contributed by atoms with Gasteiger partial charge in [-0.3, -0.25) is 9.69 Å². The minimum atomic E-state index is 0.0289. The van der Waals surface area contributed by atoms with Crippen LogP contribution in [0.2, 0.25) is 0 Å². The summed E-state index contributed by atoms with van der Waals surface area (Å²) >= 11 is 0. The zero-order chi connectivity index (χ0) is 14.8. The van der Waals surface area contributed by atoms with Gasteiger partial charge in [-0.05, 0) is 32.9 Å². The van der Waals surface area contributed by atoms with Gasteiger partial charge in [-0.1, -0.05) is 0 Å².